The number of phenolic OH excluding ortho intramolecular Hbond substituents is 1. The van der Waals surface area contributed by atoms with Gasteiger partial charge < -0.3 is 9.84 Å². The Bertz CT molecular complexity index is 601. The van der Waals surface area contributed by atoms with Crippen LogP contribution in [0, 0.1) is 0 Å². The molecule has 1 amide bonds. The lowest BCUT2D eigenvalue weighted by Crippen LogP contribution is -2.27. The van der Waals surface area contributed by atoms with Crippen LogP contribution in [0.2, 0.25) is 0 Å². The van der Waals surface area contributed by atoms with Crippen molar-refractivity contribution in [3.8, 4) is 16.9 Å². The summed E-state index contributed by atoms with van der Waals surface area (Å²) in [5.74, 6) is 0.107. The van der Waals surface area contributed by atoms with E-state index in [4.69, 9.17) is 4.74 Å². The number of carbonyl (C=O) groups excluding carboxylic acids is 1. The summed E-state index contributed by atoms with van der Waals surface area (Å²) in [6.45, 7) is 5.38. The first-order valence-corrected chi connectivity index (χ1v) is 6.17. The van der Waals surface area contributed by atoms with E-state index in [-0.39, 0.29) is 5.75 Å². The van der Waals surface area contributed by atoms with Gasteiger partial charge in [-0.25, -0.2) is 4.79 Å². The van der Waals surface area contributed by atoms with Gasteiger partial charge in [-0.15, -0.1) is 0 Å². The van der Waals surface area contributed by atoms with Gasteiger partial charge in [0.2, 0.25) is 0 Å². The third-order valence-electron chi connectivity index (χ3n) is 2.45. The number of anilines is 1. The van der Waals surface area contributed by atoms with Crippen molar-refractivity contribution in [3.05, 3.63) is 30.6 Å². The topological polar surface area (TPSA) is 87.2 Å². The van der Waals surface area contributed by atoms with E-state index in [1.165, 1.54) is 6.07 Å². The summed E-state index contributed by atoms with van der Waals surface area (Å²) < 4.78 is 5.21. The van der Waals surface area contributed by atoms with Crippen molar-refractivity contribution >= 4 is 11.8 Å². The smallest absolute Gasteiger partial charge is 0.412 e. The van der Waals surface area contributed by atoms with Crippen LogP contribution in [0.3, 0.4) is 0 Å². The van der Waals surface area contributed by atoms with Crippen molar-refractivity contribution in [2.24, 2.45) is 0 Å². The molecule has 0 unspecified atom stereocenters. The first kappa shape index (κ1) is 13.9. The number of aromatic amines is 1. The number of hydrogen-bond donors (Lipinski definition) is 3. The van der Waals surface area contributed by atoms with E-state index in [0.717, 1.165) is 5.56 Å². The highest BCUT2D eigenvalue weighted by molar-refractivity contribution is 5.91. The van der Waals surface area contributed by atoms with Gasteiger partial charge in [0.05, 0.1) is 11.9 Å². The minimum absolute atomic E-state index is 0.107. The molecule has 20 heavy (non-hydrogen) atoms. The maximum atomic E-state index is 11.8. The van der Waals surface area contributed by atoms with Crippen molar-refractivity contribution in [2.75, 3.05) is 5.32 Å². The third-order valence-corrected chi connectivity index (χ3v) is 2.45. The molecule has 0 fully saturated rings. The standard InChI is InChI=1S/C14H17N3O3/c1-14(2,3)20-13(19)17-12-5-4-10(18)6-11(12)9-7-15-16-8-9/h4-8,18H,1-3H3,(H,15,16)(H,17,19). The summed E-state index contributed by atoms with van der Waals surface area (Å²) in [4.78, 5) is 11.8. The van der Waals surface area contributed by atoms with Gasteiger partial charge in [-0.1, -0.05) is 0 Å². The Morgan fingerprint density at radius 1 is 1.40 bits per heavy atom. The number of aromatic nitrogens is 2. The summed E-state index contributed by atoms with van der Waals surface area (Å²) in [7, 11) is 0. The Balaban J connectivity index is 2.26. The maximum Gasteiger partial charge on any atom is 0.412 e. The molecule has 6 heteroatoms. The van der Waals surface area contributed by atoms with E-state index in [0.29, 0.717) is 11.3 Å². The van der Waals surface area contributed by atoms with Crippen LogP contribution in [0.25, 0.3) is 11.1 Å². The molecule has 0 bridgehead atoms. The zero-order valence-corrected chi connectivity index (χ0v) is 11.6. The maximum absolute atomic E-state index is 11.8. The fraction of sp³-hybridized carbons (Fsp3) is 0.286. The number of aromatic hydroxyl groups is 1. The second-order valence-electron chi connectivity index (χ2n) is 5.34. The van der Waals surface area contributed by atoms with Crippen LogP contribution in [0.5, 0.6) is 5.75 Å². The summed E-state index contributed by atoms with van der Waals surface area (Å²) in [6, 6.07) is 4.66. The number of phenols is 1. The normalized spacial score (nSPS) is 11.2. The Kier molecular flexibility index (Phi) is 3.65. The number of amides is 1. The predicted octanol–water partition coefficient (Wildman–Crippen LogP) is 3.13. The zero-order valence-electron chi connectivity index (χ0n) is 11.6. The Hall–Kier alpha value is -2.50. The minimum atomic E-state index is -0.573. The van der Waals surface area contributed by atoms with Crippen LogP contribution in [0.15, 0.2) is 30.6 Å². The van der Waals surface area contributed by atoms with Crippen LogP contribution in [0.4, 0.5) is 10.5 Å². The molecule has 3 N–H and O–H groups in total. The highest BCUT2D eigenvalue weighted by Gasteiger charge is 2.18. The highest BCUT2D eigenvalue weighted by Crippen LogP contribution is 2.31. The quantitative estimate of drug-likeness (QED) is 0.735. The van der Waals surface area contributed by atoms with E-state index in [2.05, 4.69) is 15.5 Å². The fourth-order valence-electron chi connectivity index (χ4n) is 1.69. The molecule has 0 radical (unpaired) electrons. The van der Waals surface area contributed by atoms with Gasteiger partial charge in [-0.3, -0.25) is 10.4 Å². The van der Waals surface area contributed by atoms with Crippen molar-refractivity contribution in [2.45, 2.75) is 26.4 Å². The number of hydrogen-bond acceptors (Lipinski definition) is 4. The lowest BCUT2D eigenvalue weighted by molar-refractivity contribution is 0.0636. The molecule has 2 rings (SSSR count). The predicted molar refractivity (Wildman–Crippen MR) is 75.5 cm³/mol. The molecule has 6 nitrogen and oxygen atoms in total. The van der Waals surface area contributed by atoms with Crippen molar-refractivity contribution < 1.29 is 14.6 Å². The molecular weight excluding hydrogens is 258 g/mol. The largest absolute Gasteiger partial charge is 0.508 e. The zero-order chi connectivity index (χ0) is 14.8. The van der Waals surface area contributed by atoms with Gasteiger partial charge in [0.25, 0.3) is 0 Å². The van der Waals surface area contributed by atoms with E-state index < -0.39 is 11.7 Å². The van der Waals surface area contributed by atoms with Crippen LogP contribution < -0.4 is 5.32 Å². The van der Waals surface area contributed by atoms with Gasteiger partial charge in [0.1, 0.15) is 11.4 Å². The highest BCUT2D eigenvalue weighted by atomic mass is 16.6. The SMILES string of the molecule is CC(C)(C)OC(=O)Nc1ccc(O)cc1-c1cn[nH]c1. The Morgan fingerprint density at radius 3 is 2.75 bits per heavy atom. The van der Waals surface area contributed by atoms with Gasteiger partial charge in [0, 0.05) is 17.3 Å². The average Bonchev–Trinajstić information content (AvgIpc) is 2.82. The average molecular weight is 275 g/mol. The molecule has 0 aliphatic heterocycles. The third kappa shape index (κ3) is 3.50. The molecule has 0 aliphatic rings. The number of nitrogens with one attached hydrogen (secondary N) is 2. The van der Waals surface area contributed by atoms with Gasteiger partial charge in [0.15, 0.2) is 0 Å². The van der Waals surface area contributed by atoms with Crippen LogP contribution >= 0.6 is 0 Å². The number of rotatable bonds is 2. The second kappa shape index (κ2) is 5.24. The molecule has 0 saturated heterocycles. The Labute approximate surface area is 116 Å². The molecule has 0 aliphatic carbocycles. The first-order chi connectivity index (χ1) is 9.35. The molecule has 1 aromatic heterocycles. The van der Waals surface area contributed by atoms with Crippen LogP contribution in [-0.4, -0.2) is 27.0 Å². The summed E-state index contributed by atoms with van der Waals surface area (Å²) in [6.07, 6.45) is 2.73. The minimum Gasteiger partial charge on any atom is -0.508 e. The number of H-pyrrole nitrogens is 1. The van der Waals surface area contributed by atoms with Gasteiger partial charge in [-0.05, 0) is 39.0 Å². The molecule has 2 aromatic rings. The van der Waals surface area contributed by atoms with Crippen molar-refractivity contribution in [3.63, 3.8) is 0 Å². The van der Waals surface area contributed by atoms with Crippen LogP contribution in [-0.2, 0) is 4.74 Å². The molecule has 0 saturated carbocycles. The molecular formula is C14H17N3O3. The second-order valence-corrected chi connectivity index (χ2v) is 5.34. The Morgan fingerprint density at radius 2 is 2.15 bits per heavy atom. The first-order valence-electron chi connectivity index (χ1n) is 6.17. The van der Waals surface area contributed by atoms with E-state index in [1.54, 1.807) is 45.3 Å². The van der Waals surface area contributed by atoms with Crippen molar-refractivity contribution in [1.29, 1.82) is 0 Å². The summed E-state index contributed by atoms with van der Waals surface area (Å²) in [5, 5.41) is 18.8. The van der Waals surface area contributed by atoms with Gasteiger partial charge >= 0.3 is 6.09 Å². The van der Waals surface area contributed by atoms with Gasteiger partial charge in [-0.2, -0.15) is 5.10 Å². The molecule has 1 aromatic carbocycles. The molecule has 1 heterocycles. The monoisotopic (exact) mass is 275 g/mol. The van der Waals surface area contributed by atoms with Crippen molar-refractivity contribution in [1.82, 2.24) is 10.2 Å². The number of nitrogens with zero attached hydrogens (tertiary/aromatic N) is 1. The number of benzene rings is 1. The van der Waals surface area contributed by atoms with Crippen LogP contribution in [0.1, 0.15) is 20.8 Å². The summed E-state index contributed by atoms with van der Waals surface area (Å²) in [5.41, 5.74) is 1.38. The fourth-order valence-corrected chi connectivity index (χ4v) is 1.69. The van der Waals surface area contributed by atoms with E-state index in [1.807, 2.05) is 0 Å². The lowest BCUT2D eigenvalue weighted by Gasteiger charge is -2.20. The molecule has 0 atom stereocenters. The lowest BCUT2D eigenvalue weighted by atomic mass is 10.1. The number of ether oxygens (including phenoxy) is 1. The molecule has 0 spiro atoms. The van der Waals surface area contributed by atoms with E-state index >= 15 is 0 Å². The summed E-state index contributed by atoms with van der Waals surface area (Å²) >= 11 is 0. The van der Waals surface area contributed by atoms with E-state index in [9.17, 15) is 9.90 Å². The molecule has 106 valence electrons. The number of carbonyl (C=O) groups is 1.